The maximum absolute atomic E-state index is 13.4. The summed E-state index contributed by atoms with van der Waals surface area (Å²) in [4.78, 5) is 39.7. The molecule has 0 aliphatic carbocycles. The molecule has 1 N–H and O–H groups in total. The van der Waals surface area contributed by atoms with Crippen molar-refractivity contribution in [1.82, 2.24) is 10.2 Å². The highest BCUT2D eigenvalue weighted by Crippen LogP contribution is 2.37. The fraction of sp³-hybridized carbons (Fsp3) is 0.233. The van der Waals surface area contributed by atoms with Crippen LogP contribution in [-0.2, 0) is 26.3 Å². The highest BCUT2D eigenvalue weighted by molar-refractivity contribution is 14.1. The maximum Gasteiger partial charge on any atom is 0.339 e. The number of ether oxygens (including phenoxy) is 3. The molecule has 1 heterocycles. The SMILES string of the molecule is CCCOc1ccc(CN2C(=O)NC(=O)/C(=C\c3cc(I)c(OS(=O)(=O)c4ccc(Cl)cc4)c(OC)c3)C2=O)cc1OCC. The first-order valence-corrected chi connectivity index (χ1v) is 16.2. The second-order valence-electron chi connectivity index (χ2n) is 9.30. The van der Waals surface area contributed by atoms with Gasteiger partial charge in [-0.25, -0.2) is 4.79 Å². The molecule has 4 amide bonds. The van der Waals surface area contributed by atoms with Crippen LogP contribution in [0.4, 0.5) is 4.79 Å². The number of barbiturate groups is 1. The third-order valence-electron chi connectivity index (χ3n) is 6.15. The number of hydrogen-bond acceptors (Lipinski definition) is 9. The summed E-state index contributed by atoms with van der Waals surface area (Å²) in [6.07, 6.45) is 2.09. The highest BCUT2D eigenvalue weighted by atomic mass is 127. The summed E-state index contributed by atoms with van der Waals surface area (Å²) in [5, 5.41) is 2.56. The van der Waals surface area contributed by atoms with Crippen molar-refractivity contribution in [3.63, 3.8) is 0 Å². The van der Waals surface area contributed by atoms with Crippen LogP contribution >= 0.6 is 34.2 Å². The van der Waals surface area contributed by atoms with Crippen LogP contribution in [0.3, 0.4) is 0 Å². The minimum Gasteiger partial charge on any atom is -0.493 e. The third-order valence-corrected chi connectivity index (χ3v) is 8.44. The maximum atomic E-state index is 13.4. The average molecular weight is 755 g/mol. The first-order chi connectivity index (χ1) is 21.0. The molecule has 14 heteroatoms. The quantitative estimate of drug-likeness (QED) is 0.109. The average Bonchev–Trinajstić information content (AvgIpc) is 2.98. The zero-order valence-corrected chi connectivity index (χ0v) is 27.6. The lowest BCUT2D eigenvalue weighted by atomic mass is 10.1. The number of urea groups is 1. The van der Waals surface area contributed by atoms with E-state index in [0.717, 1.165) is 11.3 Å². The molecule has 4 rings (SSSR count). The lowest BCUT2D eigenvalue weighted by Gasteiger charge is -2.26. The third kappa shape index (κ3) is 7.63. The molecule has 0 radical (unpaired) electrons. The van der Waals surface area contributed by atoms with Crippen molar-refractivity contribution in [2.24, 2.45) is 0 Å². The van der Waals surface area contributed by atoms with E-state index in [1.54, 1.807) is 18.2 Å². The monoisotopic (exact) mass is 754 g/mol. The summed E-state index contributed by atoms with van der Waals surface area (Å²) in [6.45, 7) is 4.55. The van der Waals surface area contributed by atoms with Crippen LogP contribution < -0.4 is 23.7 Å². The molecule has 11 nitrogen and oxygen atoms in total. The van der Waals surface area contributed by atoms with E-state index in [9.17, 15) is 22.8 Å². The lowest BCUT2D eigenvalue weighted by molar-refractivity contribution is -0.130. The zero-order valence-electron chi connectivity index (χ0n) is 23.9. The number of nitrogens with zero attached hydrogens (tertiary/aromatic N) is 1. The molecule has 0 unspecified atom stereocenters. The molecule has 0 spiro atoms. The topological polar surface area (TPSA) is 138 Å². The Balaban J connectivity index is 1.62. The highest BCUT2D eigenvalue weighted by Gasteiger charge is 2.36. The Morgan fingerprint density at radius 3 is 2.34 bits per heavy atom. The Morgan fingerprint density at radius 2 is 1.68 bits per heavy atom. The molecule has 1 saturated heterocycles. The van der Waals surface area contributed by atoms with E-state index in [0.29, 0.717) is 44.4 Å². The van der Waals surface area contributed by atoms with Crippen molar-refractivity contribution < 1.29 is 41.2 Å². The van der Waals surface area contributed by atoms with Crippen LogP contribution in [0.1, 0.15) is 31.4 Å². The summed E-state index contributed by atoms with van der Waals surface area (Å²) in [5.74, 6) is -0.738. The predicted octanol–water partition coefficient (Wildman–Crippen LogP) is 5.57. The molecule has 0 bridgehead atoms. The second-order valence-corrected chi connectivity index (χ2v) is 12.4. The van der Waals surface area contributed by atoms with Gasteiger partial charge in [0, 0.05) is 5.02 Å². The van der Waals surface area contributed by atoms with E-state index in [1.807, 2.05) is 36.4 Å². The molecule has 1 aliphatic rings. The summed E-state index contributed by atoms with van der Waals surface area (Å²) in [6, 6.07) is 12.6. The molecule has 3 aromatic rings. The standard InChI is InChI=1S/C30H28ClIN2O9S/c1-4-12-42-24-11-6-18(15-25(24)41-5-2)17-34-29(36)22(28(35)33-30(34)37)13-19-14-23(32)27(26(16-19)40-3)43-44(38,39)21-9-7-20(31)8-10-21/h6-11,13-16H,4-5,12,17H2,1-3H3,(H,33,35,37)/b22-13+. The normalized spacial score (nSPS) is 14.4. The number of carbonyl (C=O) groups excluding carboxylic acids is 3. The van der Waals surface area contributed by atoms with Gasteiger partial charge < -0.3 is 18.4 Å². The van der Waals surface area contributed by atoms with Gasteiger partial charge in [0.2, 0.25) is 0 Å². The minimum absolute atomic E-state index is 0.0340. The molecular formula is C30H28ClIN2O9S. The van der Waals surface area contributed by atoms with Gasteiger partial charge >= 0.3 is 16.1 Å². The van der Waals surface area contributed by atoms with Crippen molar-refractivity contribution in [2.45, 2.75) is 31.7 Å². The smallest absolute Gasteiger partial charge is 0.339 e. The number of nitrogens with one attached hydrogen (secondary N) is 1. The van der Waals surface area contributed by atoms with Gasteiger partial charge in [0.25, 0.3) is 11.8 Å². The first kappa shape index (κ1) is 33.1. The van der Waals surface area contributed by atoms with E-state index in [2.05, 4.69) is 5.32 Å². The second kappa shape index (κ2) is 14.3. The Labute approximate surface area is 273 Å². The Morgan fingerprint density at radius 1 is 0.955 bits per heavy atom. The lowest BCUT2D eigenvalue weighted by Crippen LogP contribution is -2.53. The fourth-order valence-electron chi connectivity index (χ4n) is 4.10. The van der Waals surface area contributed by atoms with Gasteiger partial charge in [-0.15, -0.1) is 0 Å². The van der Waals surface area contributed by atoms with Gasteiger partial charge in [0.15, 0.2) is 23.0 Å². The largest absolute Gasteiger partial charge is 0.493 e. The number of rotatable bonds is 12. The predicted molar refractivity (Wildman–Crippen MR) is 170 cm³/mol. The molecule has 44 heavy (non-hydrogen) atoms. The number of methoxy groups -OCH3 is 1. The molecule has 1 fully saturated rings. The molecule has 0 aromatic heterocycles. The summed E-state index contributed by atoms with van der Waals surface area (Å²) >= 11 is 7.72. The molecular weight excluding hydrogens is 727 g/mol. The Bertz CT molecular complexity index is 1730. The molecule has 0 atom stereocenters. The number of benzene rings is 3. The number of halogens is 2. The van der Waals surface area contributed by atoms with Gasteiger partial charge in [-0.3, -0.25) is 19.8 Å². The van der Waals surface area contributed by atoms with Crippen molar-refractivity contribution >= 4 is 68.2 Å². The van der Waals surface area contributed by atoms with Crippen molar-refractivity contribution in [1.29, 1.82) is 0 Å². The van der Waals surface area contributed by atoms with Crippen LogP contribution in [0.2, 0.25) is 5.02 Å². The summed E-state index contributed by atoms with van der Waals surface area (Å²) in [7, 11) is -2.92. The number of hydrogen-bond donors (Lipinski definition) is 1. The van der Waals surface area contributed by atoms with Gasteiger partial charge in [0.1, 0.15) is 10.5 Å². The Kier molecular flexibility index (Phi) is 10.8. The van der Waals surface area contributed by atoms with E-state index < -0.39 is 28.0 Å². The molecule has 1 aliphatic heterocycles. The van der Waals surface area contributed by atoms with Crippen molar-refractivity contribution in [2.75, 3.05) is 20.3 Å². The molecule has 232 valence electrons. The van der Waals surface area contributed by atoms with Crippen LogP contribution in [0.15, 0.2) is 65.1 Å². The van der Waals surface area contributed by atoms with E-state index >= 15 is 0 Å². The number of imide groups is 2. The van der Waals surface area contributed by atoms with Crippen LogP contribution in [0, 0.1) is 3.57 Å². The van der Waals surface area contributed by atoms with E-state index in [-0.39, 0.29) is 28.5 Å². The van der Waals surface area contributed by atoms with Crippen LogP contribution in [0.5, 0.6) is 23.0 Å². The number of amides is 4. The molecule has 3 aromatic carbocycles. The zero-order chi connectivity index (χ0) is 32.0. The minimum atomic E-state index is -4.24. The molecule has 0 saturated carbocycles. The van der Waals surface area contributed by atoms with Gasteiger partial charge in [-0.1, -0.05) is 24.6 Å². The van der Waals surface area contributed by atoms with Gasteiger partial charge in [-0.05, 0) is 102 Å². The van der Waals surface area contributed by atoms with Crippen LogP contribution in [0.25, 0.3) is 6.08 Å². The summed E-state index contributed by atoms with van der Waals surface area (Å²) < 4.78 is 48.2. The van der Waals surface area contributed by atoms with E-state index in [1.165, 1.54) is 49.6 Å². The first-order valence-electron chi connectivity index (χ1n) is 13.3. The van der Waals surface area contributed by atoms with Crippen molar-refractivity contribution in [3.05, 3.63) is 79.9 Å². The Hall–Kier alpha value is -3.82. The summed E-state index contributed by atoms with van der Waals surface area (Å²) in [5.41, 5.74) is 0.596. The van der Waals surface area contributed by atoms with Gasteiger partial charge in [0.05, 0.1) is 30.4 Å². The number of carbonyl (C=O) groups is 3. The van der Waals surface area contributed by atoms with E-state index in [4.69, 9.17) is 30.0 Å². The van der Waals surface area contributed by atoms with Gasteiger partial charge in [-0.2, -0.15) is 8.42 Å². The fourth-order valence-corrected chi connectivity index (χ4v) is 6.07. The van der Waals surface area contributed by atoms with Crippen molar-refractivity contribution in [3.8, 4) is 23.0 Å². The van der Waals surface area contributed by atoms with Crippen LogP contribution in [-0.4, -0.2) is 51.5 Å².